The molecule has 0 radical (unpaired) electrons. The van der Waals surface area contributed by atoms with Gasteiger partial charge >= 0.3 is 0 Å². The third-order valence-corrected chi connectivity index (χ3v) is 5.66. The van der Waals surface area contributed by atoms with Crippen LogP contribution in [0.15, 0.2) is 71.6 Å². The number of nitrogens with one attached hydrogen (secondary N) is 2. The van der Waals surface area contributed by atoms with Crippen molar-refractivity contribution in [1.29, 1.82) is 0 Å². The fraction of sp³-hybridized carbons (Fsp3) is 0.231. The lowest BCUT2D eigenvalue weighted by atomic mass is 10.2. The molecule has 0 aromatic heterocycles. The molecule has 0 saturated carbocycles. The Kier molecular flexibility index (Phi) is 9.34. The number of halogens is 1. The van der Waals surface area contributed by atoms with E-state index in [1.165, 1.54) is 23.9 Å². The minimum Gasteiger partial charge on any atom is -0.492 e. The first-order valence-electron chi connectivity index (χ1n) is 11.0. The summed E-state index contributed by atoms with van der Waals surface area (Å²) >= 11 is 1.47. The molecule has 0 aliphatic carbocycles. The molecule has 34 heavy (non-hydrogen) atoms. The highest BCUT2D eigenvalue weighted by Gasteiger charge is 2.17. The molecule has 0 aliphatic rings. The molecular formula is C26H27FN2O4S. The smallest absolute Gasteiger partial charge is 0.255 e. The zero-order valence-corrected chi connectivity index (χ0v) is 19.9. The van der Waals surface area contributed by atoms with Gasteiger partial charge in [0.15, 0.2) is 0 Å². The van der Waals surface area contributed by atoms with Gasteiger partial charge in [-0.1, -0.05) is 18.2 Å². The van der Waals surface area contributed by atoms with Crippen LogP contribution in [0.3, 0.4) is 0 Å². The highest BCUT2D eigenvalue weighted by molar-refractivity contribution is 7.99. The molecule has 2 N–H and O–H groups in total. The maximum atomic E-state index is 13.0. The predicted molar refractivity (Wildman–Crippen MR) is 134 cm³/mol. The molecule has 0 atom stereocenters. The van der Waals surface area contributed by atoms with E-state index in [9.17, 15) is 14.0 Å². The summed E-state index contributed by atoms with van der Waals surface area (Å²) in [7, 11) is 0. The third kappa shape index (κ3) is 7.25. The van der Waals surface area contributed by atoms with Crippen LogP contribution in [0.1, 0.15) is 30.6 Å². The third-order valence-electron chi connectivity index (χ3n) is 4.65. The zero-order chi connectivity index (χ0) is 24.3. The van der Waals surface area contributed by atoms with E-state index >= 15 is 0 Å². The van der Waals surface area contributed by atoms with Crippen LogP contribution in [0.4, 0.5) is 15.8 Å². The molecule has 0 heterocycles. The van der Waals surface area contributed by atoms with Crippen LogP contribution < -0.4 is 20.1 Å². The van der Waals surface area contributed by atoms with Gasteiger partial charge in [0.25, 0.3) is 5.91 Å². The number of anilines is 2. The van der Waals surface area contributed by atoms with Gasteiger partial charge in [-0.15, -0.1) is 11.8 Å². The van der Waals surface area contributed by atoms with Crippen LogP contribution in [0.25, 0.3) is 0 Å². The standard InChI is InChI=1S/C26H27FN2O4S/c1-3-32-23-17-22(29-26(31)18-8-6-5-7-9-18)24(33-4-2)16-21(23)28-25(30)14-15-34-20-12-10-19(27)11-13-20/h5-13,16-17H,3-4,14-15H2,1-2H3,(H,28,30)(H,29,31). The van der Waals surface area contributed by atoms with Crippen LogP contribution >= 0.6 is 11.8 Å². The van der Waals surface area contributed by atoms with E-state index in [2.05, 4.69) is 10.6 Å². The summed E-state index contributed by atoms with van der Waals surface area (Å²) in [5, 5.41) is 5.73. The summed E-state index contributed by atoms with van der Waals surface area (Å²) in [6, 6.07) is 18.3. The van der Waals surface area contributed by atoms with Crippen molar-refractivity contribution < 1.29 is 23.5 Å². The molecule has 0 aliphatic heterocycles. The van der Waals surface area contributed by atoms with Gasteiger partial charge in [-0.2, -0.15) is 0 Å². The number of amides is 2. The molecule has 0 fully saturated rings. The number of ether oxygens (including phenoxy) is 2. The van der Waals surface area contributed by atoms with E-state index in [-0.39, 0.29) is 24.1 Å². The quantitative estimate of drug-likeness (QED) is 0.328. The number of rotatable bonds is 11. The lowest BCUT2D eigenvalue weighted by Gasteiger charge is -2.18. The Morgan fingerprint density at radius 1 is 0.853 bits per heavy atom. The number of thioether (sulfide) groups is 1. The highest BCUT2D eigenvalue weighted by atomic mass is 32.2. The Balaban J connectivity index is 1.72. The van der Waals surface area contributed by atoms with Crippen LogP contribution in [0, 0.1) is 5.82 Å². The van der Waals surface area contributed by atoms with Gasteiger partial charge in [-0.25, -0.2) is 4.39 Å². The van der Waals surface area contributed by atoms with Gasteiger partial charge < -0.3 is 20.1 Å². The van der Waals surface area contributed by atoms with E-state index in [4.69, 9.17) is 9.47 Å². The monoisotopic (exact) mass is 482 g/mol. The first-order valence-corrected chi connectivity index (χ1v) is 12.0. The summed E-state index contributed by atoms with van der Waals surface area (Å²) in [6.07, 6.45) is 0.254. The predicted octanol–water partition coefficient (Wildman–Crippen LogP) is 6.00. The first kappa shape index (κ1) is 25.1. The fourth-order valence-corrected chi connectivity index (χ4v) is 3.95. The molecule has 6 nitrogen and oxygen atoms in total. The number of hydrogen-bond donors (Lipinski definition) is 2. The van der Waals surface area contributed by atoms with Gasteiger partial charge in [0.1, 0.15) is 17.3 Å². The van der Waals surface area contributed by atoms with Gasteiger partial charge in [-0.3, -0.25) is 9.59 Å². The maximum absolute atomic E-state index is 13.0. The lowest BCUT2D eigenvalue weighted by molar-refractivity contribution is -0.115. The Morgan fingerprint density at radius 2 is 1.44 bits per heavy atom. The Morgan fingerprint density at radius 3 is 2.03 bits per heavy atom. The zero-order valence-electron chi connectivity index (χ0n) is 19.1. The topological polar surface area (TPSA) is 76.7 Å². The van der Waals surface area contributed by atoms with Crippen molar-refractivity contribution in [2.45, 2.75) is 25.2 Å². The molecule has 0 bridgehead atoms. The molecule has 0 spiro atoms. The molecule has 178 valence electrons. The van der Waals surface area contributed by atoms with Crippen molar-refractivity contribution in [2.24, 2.45) is 0 Å². The summed E-state index contributed by atoms with van der Waals surface area (Å²) in [5.41, 5.74) is 1.42. The van der Waals surface area contributed by atoms with E-state index in [0.29, 0.717) is 47.4 Å². The van der Waals surface area contributed by atoms with Crippen molar-refractivity contribution in [2.75, 3.05) is 29.6 Å². The van der Waals surface area contributed by atoms with Crippen LogP contribution in [0.5, 0.6) is 11.5 Å². The second kappa shape index (κ2) is 12.6. The Bertz CT molecular complexity index is 1110. The van der Waals surface area contributed by atoms with Gasteiger partial charge in [-0.05, 0) is 50.2 Å². The molecule has 0 saturated heterocycles. The van der Waals surface area contributed by atoms with Crippen molar-refractivity contribution in [3.8, 4) is 11.5 Å². The van der Waals surface area contributed by atoms with Crippen LogP contribution in [-0.2, 0) is 4.79 Å². The Hall–Kier alpha value is -3.52. The van der Waals surface area contributed by atoms with E-state index in [1.54, 1.807) is 48.5 Å². The van der Waals surface area contributed by atoms with Crippen molar-refractivity contribution >= 4 is 35.0 Å². The Labute approximate surface area is 202 Å². The van der Waals surface area contributed by atoms with Crippen LogP contribution in [0.2, 0.25) is 0 Å². The molecular weight excluding hydrogens is 455 g/mol. The van der Waals surface area contributed by atoms with Gasteiger partial charge in [0.05, 0.1) is 24.6 Å². The van der Waals surface area contributed by atoms with Crippen molar-refractivity contribution in [3.05, 3.63) is 78.1 Å². The normalized spacial score (nSPS) is 10.4. The molecule has 3 rings (SSSR count). The van der Waals surface area contributed by atoms with Crippen LogP contribution in [-0.4, -0.2) is 30.8 Å². The second-order valence-corrected chi connectivity index (χ2v) is 8.30. The van der Waals surface area contributed by atoms with E-state index < -0.39 is 0 Å². The highest BCUT2D eigenvalue weighted by Crippen LogP contribution is 2.37. The number of benzene rings is 3. The van der Waals surface area contributed by atoms with Crippen molar-refractivity contribution in [1.82, 2.24) is 0 Å². The van der Waals surface area contributed by atoms with Crippen molar-refractivity contribution in [3.63, 3.8) is 0 Å². The number of carbonyl (C=O) groups excluding carboxylic acids is 2. The molecule has 3 aromatic rings. The molecule has 2 amide bonds. The number of hydrogen-bond acceptors (Lipinski definition) is 5. The molecule has 8 heteroatoms. The summed E-state index contributed by atoms with van der Waals surface area (Å²) in [4.78, 5) is 26.1. The van der Waals surface area contributed by atoms with Gasteiger partial charge in [0, 0.05) is 34.8 Å². The summed E-state index contributed by atoms with van der Waals surface area (Å²) in [6.45, 7) is 4.43. The minimum atomic E-state index is -0.293. The summed E-state index contributed by atoms with van der Waals surface area (Å²) < 4.78 is 24.5. The summed E-state index contributed by atoms with van der Waals surface area (Å²) in [5.74, 6) is 0.613. The van der Waals surface area contributed by atoms with E-state index in [1.807, 2.05) is 19.9 Å². The maximum Gasteiger partial charge on any atom is 0.255 e. The fourth-order valence-electron chi connectivity index (χ4n) is 3.09. The molecule has 3 aromatic carbocycles. The molecule has 0 unspecified atom stereocenters. The first-order chi connectivity index (χ1) is 16.5. The average Bonchev–Trinajstić information content (AvgIpc) is 2.83. The van der Waals surface area contributed by atoms with E-state index in [0.717, 1.165) is 4.90 Å². The number of carbonyl (C=O) groups is 2. The largest absolute Gasteiger partial charge is 0.492 e. The SMILES string of the molecule is CCOc1cc(NC(=O)c2ccccc2)c(OCC)cc1NC(=O)CCSc1ccc(F)cc1. The second-order valence-electron chi connectivity index (χ2n) is 7.13. The lowest BCUT2D eigenvalue weighted by Crippen LogP contribution is -2.16. The average molecular weight is 483 g/mol. The van der Waals surface area contributed by atoms with Gasteiger partial charge in [0.2, 0.25) is 5.91 Å². The minimum absolute atomic E-state index is 0.195.